The minimum Gasteiger partial charge on any atom is -0.493 e. The second kappa shape index (κ2) is 5.99. The Balaban J connectivity index is 3.01. The third kappa shape index (κ3) is 3.04. The van der Waals surface area contributed by atoms with Gasteiger partial charge in [0.25, 0.3) is 0 Å². The number of methoxy groups -OCH3 is 1. The lowest BCUT2D eigenvalue weighted by Gasteiger charge is -2.14. The zero-order valence-corrected chi connectivity index (χ0v) is 10.9. The minimum absolute atomic E-state index is 0.211. The molecule has 4 heteroatoms. The van der Waals surface area contributed by atoms with Crippen molar-refractivity contribution in [3.8, 4) is 11.5 Å². The summed E-state index contributed by atoms with van der Waals surface area (Å²) in [6.07, 6.45) is 1.83. The van der Waals surface area contributed by atoms with E-state index in [2.05, 4.69) is 0 Å². The van der Waals surface area contributed by atoms with E-state index in [4.69, 9.17) is 9.47 Å². The molecule has 16 heavy (non-hydrogen) atoms. The van der Waals surface area contributed by atoms with Gasteiger partial charge in [-0.15, -0.1) is 11.8 Å². The van der Waals surface area contributed by atoms with Gasteiger partial charge >= 0.3 is 0 Å². The van der Waals surface area contributed by atoms with Crippen LogP contribution in [0.2, 0.25) is 0 Å². The molecule has 0 heterocycles. The van der Waals surface area contributed by atoms with Gasteiger partial charge in [0.05, 0.1) is 13.7 Å². The molecule has 0 saturated heterocycles. The van der Waals surface area contributed by atoms with Gasteiger partial charge in [0.2, 0.25) is 0 Å². The van der Waals surface area contributed by atoms with Gasteiger partial charge in [-0.25, -0.2) is 4.39 Å². The normalized spacial score (nSPS) is 10.6. The maximum absolute atomic E-state index is 13.9. The van der Waals surface area contributed by atoms with Gasteiger partial charge in [-0.2, -0.15) is 0 Å². The molecule has 0 amide bonds. The summed E-state index contributed by atoms with van der Waals surface area (Å²) >= 11 is 1.35. The van der Waals surface area contributed by atoms with Gasteiger partial charge in [0, 0.05) is 4.90 Å². The molecule has 0 N–H and O–H groups in total. The largest absolute Gasteiger partial charge is 0.493 e. The topological polar surface area (TPSA) is 18.5 Å². The summed E-state index contributed by atoms with van der Waals surface area (Å²) in [5, 5.41) is 0. The highest BCUT2D eigenvalue weighted by molar-refractivity contribution is 7.98. The third-order valence-electron chi connectivity index (χ3n) is 2.03. The number of thioether (sulfide) groups is 1. The van der Waals surface area contributed by atoms with Gasteiger partial charge in [-0.3, -0.25) is 0 Å². The average molecular weight is 244 g/mol. The predicted octanol–water partition coefficient (Wildman–Crippen LogP) is 3.59. The first-order valence-corrected chi connectivity index (χ1v) is 6.35. The van der Waals surface area contributed by atoms with E-state index in [1.807, 2.05) is 20.1 Å². The molecule has 1 aromatic rings. The van der Waals surface area contributed by atoms with Crippen molar-refractivity contribution in [2.45, 2.75) is 18.7 Å². The number of rotatable bonds is 5. The SMILES string of the molecule is COc1ccc(SC)c(F)c1OCC(C)C. The lowest BCUT2D eigenvalue weighted by Crippen LogP contribution is -2.07. The molecular weight excluding hydrogens is 227 g/mol. The fraction of sp³-hybridized carbons (Fsp3) is 0.500. The number of ether oxygens (including phenoxy) is 2. The molecule has 0 radical (unpaired) electrons. The Morgan fingerprint density at radius 1 is 1.38 bits per heavy atom. The van der Waals surface area contributed by atoms with Crippen LogP contribution in [0.15, 0.2) is 17.0 Å². The van der Waals surface area contributed by atoms with Gasteiger partial charge in [-0.05, 0) is 24.3 Å². The molecular formula is C12H17FO2S. The maximum atomic E-state index is 13.9. The van der Waals surface area contributed by atoms with Crippen molar-refractivity contribution in [1.29, 1.82) is 0 Å². The Morgan fingerprint density at radius 3 is 2.56 bits per heavy atom. The van der Waals surface area contributed by atoms with Crippen LogP contribution in [0.4, 0.5) is 4.39 Å². The highest BCUT2D eigenvalue weighted by Crippen LogP contribution is 2.35. The Bertz CT molecular complexity index is 353. The molecule has 0 spiro atoms. The number of benzene rings is 1. The molecule has 0 aromatic heterocycles. The smallest absolute Gasteiger partial charge is 0.198 e. The van der Waals surface area contributed by atoms with Crippen LogP contribution in [0.3, 0.4) is 0 Å². The lowest BCUT2D eigenvalue weighted by molar-refractivity contribution is 0.243. The van der Waals surface area contributed by atoms with E-state index in [-0.39, 0.29) is 11.6 Å². The number of hydrogen-bond acceptors (Lipinski definition) is 3. The van der Waals surface area contributed by atoms with E-state index in [1.165, 1.54) is 18.9 Å². The molecule has 0 aliphatic heterocycles. The summed E-state index contributed by atoms with van der Waals surface area (Å²) in [4.78, 5) is 0.569. The summed E-state index contributed by atoms with van der Waals surface area (Å²) in [6.45, 7) is 4.51. The zero-order valence-electron chi connectivity index (χ0n) is 10.0. The van der Waals surface area contributed by atoms with Crippen molar-refractivity contribution >= 4 is 11.8 Å². The van der Waals surface area contributed by atoms with Gasteiger partial charge < -0.3 is 9.47 Å². The lowest BCUT2D eigenvalue weighted by atomic mass is 10.2. The average Bonchev–Trinajstić information content (AvgIpc) is 2.26. The van der Waals surface area contributed by atoms with E-state index in [0.717, 1.165) is 0 Å². The summed E-state index contributed by atoms with van der Waals surface area (Å²) in [5.74, 6) is 0.661. The summed E-state index contributed by atoms with van der Waals surface area (Å²) in [5.41, 5.74) is 0. The molecule has 0 atom stereocenters. The summed E-state index contributed by atoms with van der Waals surface area (Å²) in [6, 6.07) is 3.42. The Labute approximate surface area is 100 Å². The van der Waals surface area contributed by atoms with Crippen LogP contribution >= 0.6 is 11.8 Å². The van der Waals surface area contributed by atoms with Gasteiger partial charge in [0.15, 0.2) is 17.3 Å². The van der Waals surface area contributed by atoms with Crippen LogP contribution in [0.5, 0.6) is 11.5 Å². The first-order valence-electron chi connectivity index (χ1n) is 5.13. The molecule has 0 fully saturated rings. The monoisotopic (exact) mass is 244 g/mol. The van der Waals surface area contributed by atoms with E-state index >= 15 is 0 Å². The fourth-order valence-corrected chi connectivity index (χ4v) is 1.70. The fourth-order valence-electron chi connectivity index (χ4n) is 1.22. The zero-order chi connectivity index (χ0) is 12.1. The molecule has 0 aliphatic rings. The molecule has 1 rings (SSSR count). The van der Waals surface area contributed by atoms with Crippen LogP contribution in [-0.2, 0) is 0 Å². The second-order valence-corrected chi connectivity index (χ2v) is 4.67. The van der Waals surface area contributed by atoms with Crippen molar-refractivity contribution in [2.24, 2.45) is 5.92 Å². The van der Waals surface area contributed by atoms with Crippen LogP contribution in [0.25, 0.3) is 0 Å². The van der Waals surface area contributed by atoms with Crippen LogP contribution in [0, 0.1) is 11.7 Å². The highest BCUT2D eigenvalue weighted by Gasteiger charge is 2.15. The first-order chi connectivity index (χ1) is 7.60. The van der Waals surface area contributed by atoms with E-state index in [1.54, 1.807) is 12.1 Å². The van der Waals surface area contributed by atoms with Crippen molar-refractivity contribution in [3.63, 3.8) is 0 Å². The van der Waals surface area contributed by atoms with Crippen molar-refractivity contribution < 1.29 is 13.9 Å². The standard InChI is InChI=1S/C12H17FO2S/c1-8(2)7-15-12-9(14-3)5-6-10(16-4)11(12)13/h5-6,8H,7H2,1-4H3. The van der Waals surface area contributed by atoms with Crippen molar-refractivity contribution in [2.75, 3.05) is 20.0 Å². The molecule has 0 unspecified atom stereocenters. The van der Waals surface area contributed by atoms with Crippen molar-refractivity contribution in [1.82, 2.24) is 0 Å². The predicted molar refractivity (Wildman–Crippen MR) is 65.1 cm³/mol. The van der Waals surface area contributed by atoms with E-state index in [0.29, 0.717) is 23.2 Å². The van der Waals surface area contributed by atoms with Gasteiger partial charge in [-0.1, -0.05) is 13.8 Å². The van der Waals surface area contributed by atoms with Crippen LogP contribution < -0.4 is 9.47 Å². The third-order valence-corrected chi connectivity index (χ3v) is 2.78. The maximum Gasteiger partial charge on any atom is 0.198 e. The number of halogens is 1. The molecule has 0 saturated carbocycles. The van der Waals surface area contributed by atoms with Crippen LogP contribution in [-0.4, -0.2) is 20.0 Å². The summed E-state index contributed by atoms with van der Waals surface area (Å²) < 4.78 is 24.5. The highest BCUT2D eigenvalue weighted by atomic mass is 32.2. The van der Waals surface area contributed by atoms with E-state index in [9.17, 15) is 4.39 Å². The molecule has 0 bridgehead atoms. The Hall–Kier alpha value is -0.900. The first kappa shape index (κ1) is 13.2. The molecule has 1 aromatic carbocycles. The molecule has 90 valence electrons. The van der Waals surface area contributed by atoms with E-state index < -0.39 is 0 Å². The molecule has 0 aliphatic carbocycles. The van der Waals surface area contributed by atoms with Gasteiger partial charge in [0.1, 0.15) is 0 Å². The Morgan fingerprint density at radius 2 is 2.06 bits per heavy atom. The summed E-state index contributed by atoms with van der Waals surface area (Å²) in [7, 11) is 1.51. The second-order valence-electron chi connectivity index (χ2n) is 3.82. The van der Waals surface area contributed by atoms with Crippen molar-refractivity contribution in [3.05, 3.63) is 17.9 Å². The Kier molecular flexibility index (Phi) is 4.93. The quantitative estimate of drug-likeness (QED) is 0.737. The number of hydrogen-bond donors (Lipinski definition) is 0. The minimum atomic E-state index is -0.340. The molecule has 2 nitrogen and oxygen atoms in total. The van der Waals surface area contributed by atoms with Crippen LogP contribution in [0.1, 0.15) is 13.8 Å².